The number of halogens is 1. The van der Waals surface area contributed by atoms with Gasteiger partial charge in [0.1, 0.15) is 17.5 Å². The molecule has 3 rings (SSSR count). The van der Waals surface area contributed by atoms with Crippen molar-refractivity contribution < 1.29 is 4.39 Å². The van der Waals surface area contributed by atoms with Crippen molar-refractivity contribution in [1.82, 2.24) is 19.7 Å². The van der Waals surface area contributed by atoms with E-state index in [0.717, 1.165) is 29.0 Å². The third-order valence-corrected chi connectivity index (χ3v) is 3.27. The number of fused-ring (bicyclic) bond motifs is 1. The summed E-state index contributed by atoms with van der Waals surface area (Å²) in [6.07, 6.45) is 1.73. The fraction of sp³-hybridized carbons (Fsp3) is 0.267. The molecule has 108 valence electrons. The predicted molar refractivity (Wildman–Crippen MR) is 80.3 cm³/mol. The number of hydrogen-bond donors (Lipinski definition) is 1. The van der Waals surface area contributed by atoms with Gasteiger partial charge in [0.05, 0.1) is 17.3 Å². The molecule has 0 saturated carbocycles. The van der Waals surface area contributed by atoms with E-state index < -0.39 is 0 Å². The van der Waals surface area contributed by atoms with Crippen LogP contribution in [0.4, 0.5) is 10.2 Å². The van der Waals surface area contributed by atoms with Crippen molar-refractivity contribution in [2.45, 2.75) is 20.8 Å². The Morgan fingerprint density at radius 1 is 1.24 bits per heavy atom. The second kappa shape index (κ2) is 5.12. The molecular formula is C15H16FN5. The van der Waals surface area contributed by atoms with Gasteiger partial charge in [0.2, 0.25) is 0 Å². The minimum absolute atomic E-state index is 0.258. The summed E-state index contributed by atoms with van der Waals surface area (Å²) in [4.78, 5) is 8.87. The molecule has 1 aromatic carbocycles. The standard InChI is InChI=1S/C15H16FN5/c1-4-17-14-12-8-18-21(15(12)20-10(3)19-14)13-6-5-11(16)7-9(13)2/h5-8H,4H2,1-3H3,(H,17,19,20). The number of nitrogens with one attached hydrogen (secondary N) is 1. The second-order valence-electron chi connectivity index (χ2n) is 4.87. The van der Waals surface area contributed by atoms with Gasteiger partial charge in [0.25, 0.3) is 0 Å². The van der Waals surface area contributed by atoms with Crippen molar-refractivity contribution in [1.29, 1.82) is 0 Å². The minimum atomic E-state index is -0.258. The molecule has 2 aromatic heterocycles. The summed E-state index contributed by atoms with van der Waals surface area (Å²) in [5.41, 5.74) is 2.33. The van der Waals surface area contributed by atoms with Gasteiger partial charge in [-0.3, -0.25) is 0 Å². The van der Waals surface area contributed by atoms with Crippen LogP contribution < -0.4 is 5.32 Å². The molecule has 0 aliphatic rings. The zero-order valence-electron chi connectivity index (χ0n) is 12.2. The first kappa shape index (κ1) is 13.5. The first-order valence-corrected chi connectivity index (χ1v) is 6.83. The monoisotopic (exact) mass is 285 g/mol. The van der Waals surface area contributed by atoms with Crippen LogP contribution >= 0.6 is 0 Å². The zero-order chi connectivity index (χ0) is 15.0. The van der Waals surface area contributed by atoms with Crippen LogP contribution in [0, 0.1) is 19.7 Å². The lowest BCUT2D eigenvalue weighted by Crippen LogP contribution is -2.05. The molecule has 0 atom stereocenters. The average Bonchev–Trinajstić information content (AvgIpc) is 2.83. The molecule has 3 aromatic rings. The maximum Gasteiger partial charge on any atom is 0.168 e. The Kier molecular flexibility index (Phi) is 3.29. The summed E-state index contributed by atoms with van der Waals surface area (Å²) in [5, 5.41) is 8.46. The van der Waals surface area contributed by atoms with Crippen molar-refractivity contribution in [3.8, 4) is 5.69 Å². The van der Waals surface area contributed by atoms with Crippen molar-refractivity contribution in [3.05, 3.63) is 41.6 Å². The van der Waals surface area contributed by atoms with E-state index in [-0.39, 0.29) is 5.82 Å². The predicted octanol–water partition coefficient (Wildman–Crippen LogP) is 3.00. The molecule has 6 heteroatoms. The maximum atomic E-state index is 13.3. The molecule has 0 bridgehead atoms. The van der Waals surface area contributed by atoms with Crippen molar-refractivity contribution in [2.24, 2.45) is 0 Å². The van der Waals surface area contributed by atoms with Crippen molar-refractivity contribution in [2.75, 3.05) is 11.9 Å². The summed E-state index contributed by atoms with van der Waals surface area (Å²) in [6.45, 7) is 6.48. The SMILES string of the molecule is CCNc1nc(C)nc2c1cnn2-c1ccc(F)cc1C. The quantitative estimate of drug-likeness (QED) is 0.803. The molecule has 0 amide bonds. The highest BCUT2D eigenvalue weighted by Gasteiger charge is 2.13. The van der Waals surface area contributed by atoms with E-state index in [0.29, 0.717) is 11.5 Å². The second-order valence-corrected chi connectivity index (χ2v) is 4.87. The van der Waals surface area contributed by atoms with Gasteiger partial charge < -0.3 is 5.32 Å². The van der Waals surface area contributed by atoms with Crippen LogP contribution in [0.25, 0.3) is 16.7 Å². The molecule has 0 unspecified atom stereocenters. The molecule has 0 aliphatic heterocycles. The molecule has 2 heterocycles. The number of aromatic nitrogens is 4. The van der Waals surface area contributed by atoms with Crippen LogP contribution in [-0.4, -0.2) is 26.3 Å². The van der Waals surface area contributed by atoms with Crippen molar-refractivity contribution in [3.63, 3.8) is 0 Å². The van der Waals surface area contributed by atoms with Crippen LogP contribution in [0.1, 0.15) is 18.3 Å². The lowest BCUT2D eigenvalue weighted by atomic mass is 10.2. The maximum absolute atomic E-state index is 13.3. The molecule has 21 heavy (non-hydrogen) atoms. The van der Waals surface area contributed by atoms with Crippen LogP contribution in [0.5, 0.6) is 0 Å². The third-order valence-electron chi connectivity index (χ3n) is 3.27. The lowest BCUT2D eigenvalue weighted by Gasteiger charge is -2.08. The first-order valence-electron chi connectivity index (χ1n) is 6.83. The topological polar surface area (TPSA) is 55.6 Å². The largest absolute Gasteiger partial charge is 0.370 e. The number of anilines is 1. The number of aryl methyl sites for hydroxylation is 2. The number of hydrogen-bond acceptors (Lipinski definition) is 4. The fourth-order valence-electron chi connectivity index (χ4n) is 2.35. The molecule has 0 saturated heterocycles. The molecule has 0 radical (unpaired) electrons. The van der Waals surface area contributed by atoms with Gasteiger partial charge in [-0.25, -0.2) is 19.0 Å². The lowest BCUT2D eigenvalue weighted by molar-refractivity contribution is 0.625. The Morgan fingerprint density at radius 3 is 2.76 bits per heavy atom. The van der Waals surface area contributed by atoms with E-state index in [9.17, 15) is 4.39 Å². The Labute approximate surface area is 121 Å². The van der Waals surface area contributed by atoms with E-state index >= 15 is 0 Å². The fourth-order valence-corrected chi connectivity index (χ4v) is 2.35. The normalized spacial score (nSPS) is 11.0. The van der Waals surface area contributed by atoms with Crippen molar-refractivity contribution >= 4 is 16.9 Å². The zero-order valence-corrected chi connectivity index (χ0v) is 12.2. The van der Waals surface area contributed by atoms with Gasteiger partial charge in [-0.1, -0.05) is 0 Å². The van der Waals surface area contributed by atoms with E-state index in [1.54, 1.807) is 16.9 Å². The molecular weight excluding hydrogens is 269 g/mol. The summed E-state index contributed by atoms with van der Waals surface area (Å²) in [7, 11) is 0. The van der Waals surface area contributed by atoms with E-state index in [4.69, 9.17) is 0 Å². The number of nitrogens with zero attached hydrogens (tertiary/aromatic N) is 4. The van der Waals surface area contributed by atoms with E-state index in [1.165, 1.54) is 12.1 Å². The Bertz CT molecular complexity index is 809. The highest BCUT2D eigenvalue weighted by atomic mass is 19.1. The Morgan fingerprint density at radius 2 is 2.05 bits per heavy atom. The molecule has 1 N–H and O–H groups in total. The van der Waals surface area contributed by atoms with Crippen LogP contribution in [0.3, 0.4) is 0 Å². The number of rotatable bonds is 3. The average molecular weight is 285 g/mol. The first-order chi connectivity index (χ1) is 10.1. The van der Waals surface area contributed by atoms with E-state index in [1.807, 2.05) is 20.8 Å². The Hall–Kier alpha value is -2.50. The summed E-state index contributed by atoms with van der Waals surface area (Å²) >= 11 is 0. The third kappa shape index (κ3) is 2.33. The van der Waals surface area contributed by atoms with Crippen LogP contribution in [0.15, 0.2) is 24.4 Å². The van der Waals surface area contributed by atoms with Gasteiger partial charge in [-0.05, 0) is 44.5 Å². The smallest absolute Gasteiger partial charge is 0.168 e. The summed E-state index contributed by atoms with van der Waals surface area (Å²) in [6, 6.07) is 4.62. The highest BCUT2D eigenvalue weighted by Crippen LogP contribution is 2.24. The molecule has 0 fully saturated rings. The Balaban J connectivity index is 2.24. The van der Waals surface area contributed by atoms with Gasteiger partial charge in [-0.2, -0.15) is 5.10 Å². The molecule has 0 aliphatic carbocycles. The van der Waals surface area contributed by atoms with Gasteiger partial charge in [0.15, 0.2) is 5.65 Å². The minimum Gasteiger partial charge on any atom is -0.370 e. The van der Waals surface area contributed by atoms with Gasteiger partial charge in [-0.15, -0.1) is 0 Å². The molecule has 0 spiro atoms. The van der Waals surface area contributed by atoms with Gasteiger partial charge >= 0.3 is 0 Å². The summed E-state index contributed by atoms with van der Waals surface area (Å²) in [5.74, 6) is 1.18. The van der Waals surface area contributed by atoms with Crippen LogP contribution in [-0.2, 0) is 0 Å². The highest BCUT2D eigenvalue weighted by molar-refractivity contribution is 5.87. The number of benzene rings is 1. The van der Waals surface area contributed by atoms with Gasteiger partial charge in [0, 0.05) is 6.54 Å². The molecule has 5 nitrogen and oxygen atoms in total. The van der Waals surface area contributed by atoms with E-state index in [2.05, 4.69) is 20.4 Å². The van der Waals surface area contributed by atoms with Crippen LogP contribution in [0.2, 0.25) is 0 Å². The summed E-state index contributed by atoms with van der Waals surface area (Å²) < 4.78 is 15.0.